The fraction of sp³-hybridized carbons (Fsp3) is 0.333. The van der Waals surface area contributed by atoms with E-state index in [4.69, 9.17) is 16.8 Å². The van der Waals surface area contributed by atoms with Crippen molar-refractivity contribution in [1.82, 2.24) is 20.0 Å². The highest BCUT2D eigenvalue weighted by atomic mass is 35.5. The van der Waals surface area contributed by atoms with Crippen LogP contribution < -0.4 is 20.4 Å². The molecule has 5 aromatic rings. The van der Waals surface area contributed by atoms with Gasteiger partial charge in [0.1, 0.15) is 5.69 Å². The van der Waals surface area contributed by atoms with Gasteiger partial charge in [0.15, 0.2) is 0 Å². The molecule has 4 N–H and O–H groups in total. The molecule has 1 saturated heterocycles. The van der Waals surface area contributed by atoms with Crippen molar-refractivity contribution in [3.05, 3.63) is 148 Å². The van der Waals surface area contributed by atoms with Gasteiger partial charge in [0.25, 0.3) is 21.6 Å². The Labute approximate surface area is 390 Å². The van der Waals surface area contributed by atoms with Crippen molar-refractivity contribution in [3.63, 3.8) is 0 Å². The Balaban J connectivity index is 1.03. The van der Waals surface area contributed by atoms with Gasteiger partial charge in [-0.3, -0.25) is 34.7 Å². The number of hydrogen-bond acceptors (Lipinski definition) is 12. The van der Waals surface area contributed by atoms with Crippen molar-refractivity contribution in [2.75, 3.05) is 50.0 Å². The molecule has 1 aliphatic heterocycles. The number of anilines is 2. The van der Waals surface area contributed by atoms with Crippen LogP contribution in [0.15, 0.2) is 131 Å². The van der Waals surface area contributed by atoms with E-state index in [1.54, 1.807) is 41.5 Å². The topological polar surface area (TPSA) is 177 Å². The van der Waals surface area contributed by atoms with Crippen LogP contribution in [-0.4, -0.2) is 91.3 Å². The smallest absolute Gasteiger partial charge is 0.293 e. The molecule has 0 aliphatic carbocycles. The quantitative estimate of drug-likeness (QED) is 0.0130. The van der Waals surface area contributed by atoms with E-state index in [0.717, 1.165) is 80.7 Å². The first kappa shape index (κ1) is 49.0. The van der Waals surface area contributed by atoms with Crippen LogP contribution in [0.2, 0.25) is 5.02 Å². The summed E-state index contributed by atoms with van der Waals surface area (Å²) in [7, 11) is -2.44. The Hall–Kier alpha value is -5.49. The number of benzene rings is 5. The Morgan fingerprint density at radius 3 is 2.25 bits per heavy atom. The van der Waals surface area contributed by atoms with E-state index in [9.17, 15) is 28.1 Å². The highest BCUT2D eigenvalue weighted by Gasteiger charge is 2.27. The number of nitrogens with zero attached hydrogens (tertiary/aromatic N) is 4. The zero-order valence-corrected chi connectivity index (χ0v) is 39.0. The van der Waals surface area contributed by atoms with Gasteiger partial charge in [-0.2, -0.15) is 0 Å². The number of unbranched alkanes of at least 4 members (excludes halogenated alkanes) is 3. The van der Waals surface area contributed by atoms with Gasteiger partial charge < -0.3 is 10.2 Å². The lowest BCUT2D eigenvalue weighted by Crippen LogP contribution is -2.46. The SMILES string of the molecule is CC(CC(Sc1ccccc1)N(C)CCCCCCC(=O)NO)Nc1ccc(S(=O)(=O)NC(=O)c2ccc(N3CCN(Cc4ccccc4-c4ccc(Cl)cc4)CC3)cc2)cc1[N+](=O)[O-]. The number of carbonyl (C=O) groups excluding carboxylic acids is 2. The first-order valence-corrected chi connectivity index (χ1v) is 24.4. The summed E-state index contributed by atoms with van der Waals surface area (Å²) in [5.41, 5.74) is 5.96. The average molecular weight is 943 g/mol. The largest absolute Gasteiger partial charge is 0.377 e. The van der Waals surface area contributed by atoms with Crippen molar-refractivity contribution >= 4 is 62.3 Å². The van der Waals surface area contributed by atoms with Gasteiger partial charge in [-0.25, -0.2) is 18.6 Å². The summed E-state index contributed by atoms with van der Waals surface area (Å²) in [5.74, 6) is -1.24. The van der Waals surface area contributed by atoms with Gasteiger partial charge in [-0.05, 0) is 117 Å². The second-order valence-corrected chi connectivity index (χ2v) is 19.6. The fourth-order valence-corrected chi connectivity index (χ4v) is 10.2. The Morgan fingerprint density at radius 2 is 1.55 bits per heavy atom. The molecule has 1 aliphatic rings. The molecule has 5 aromatic carbocycles. The number of amides is 2. The predicted octanol–water partition coefficient (Wildman–Crippen LogP) is 9.05. The molecule has 2 atom stereocenters. The first-order chi connectivity index (χ1) is 31.3. The molecule has 1 heterocycles. The minimum Gasteiger partial charge on any atom is -0.377 e. The first-order valence-electron chi connectivity index (χ1n) is 21.7. The summed E-state index contributed by atoms with van der Waals surface area (Å²) >= 11 is 7.81. The molecule has 2 unspecified atom stereocenters. The Bertz CT molecular complexity index is 2470. The summed E-state index contributed by atoms with van der Waals surface area (Å²) in [5, 5.41) is 24.9. The number of sulfonamides is 1. The second-order valence-electron chi connectivity index (χ2n) is 16.2. The molecule has 2 amide bonds. The lowest BCUT2D eigenvalue weighted by molar-refractivity contribution is -0.384. The standard InChI is InChI=1S/C48H56ClN7O7S2/c1-35(32-47(64-41-13-6-5-7-14-41)53(2)27-11-4-3-8-16-46(57)51-59)50-44-26-25-42(33-45(44)56(60)61)65(62,63)52-48(58)37-19-23-40(24-20-37)55-30-28-54(29-31-55)34-38-12-9-10-15-43(38)36-17-21-39(49)22-18-36/h5-7,9-10,12-15,17-26,33,35,47,50,59H,3-4,8,11,16,27-32,34H2,1-2H3,(H,51,57)(H,52,58). The number of rotatable bonds is 22. The molecule has 344 valence electrons. The maximum atomic E-state index is 13.5. The number of nitro groups is 1. The normalized spacial score (nSPS) is 14.1. The van der Waals surface area contributed by atoms with Crippen molar-refractivity contribution in [2.45, 2.75) is 73.2 Å². The zero-order chi connectivity index (χ0) is 46.3. The van der Waals surface area contributed by atoms with E-state index < -0.39 is 37.3 Å². The van der Waals surface area contributed by atoms with Gasteiger partial charge in [-0.1, -0.05) is 79.0 Å². The Morgan fingerprint density at radius 1 is 0.877 bits per heavy atom. The minimum atomic E-state index is -4.47. The zero-order valence-electron chi connectivity index (χ0n) is 36.6. The number of piperazine rings is 1. The van der Waals surface area contributed by atoms with Crippen LogP contribution in [-0.2, 0) is 21.4 Å². The van der Waals surface area contributed by atoms with Crippen molar-refractivity contribution in [2.24, 2.45) is 0 Å². The van der Waals surface area contributed by atoms with Gasteiger partial charge in [-0.15, -0.1) is 11.8 Å². The molecule has 0 saturated carbocycles. The number of hydroxylamine groups is 1. The van der Waals surface area contributed by atoms with Crippen LogP contribution >= 0.6 is 23.4 Å². The summed E-state index contributed by atoms with van der Waals surface area (Å²) in [4.78, 5) is 43.8. The lowest BCUT2D eigenvalue weighted by atomic mass is 9.99. The van der Waals surface area contributed by atoms with Crippen LogP contribution in [0.25, 0.3) is 11.1 Å². The summed E-state index contributed by atoms with van der Waals surface area (Å²) in [6.07, 6.45) is 4.21. The summed E-state index contributed by atoms with van der Waals surface area (Å²) < 4.78 is 29.0. The summed E-state index contributed by atoms with van der Waals surface area (Å²) in [6.45, 7) is 6.71. The maximum absolute atomic E-state index is 13.5. The monoisotopic (exact) mass is 941 g/mol. The molecule has 6 rings (SSSR count). The molecule has 0 spiro atoms. The van der Waals surface area contributed by atoms with Gasteiger partial charge in [0.05, 0.1) is 15.2 Å². The third kappa shape index (κ3) is 14.2. The summed E-state index contributed by atoms with van der Waals surface area (Å²) in [6, 6.07) is 36.3. The number of carbonyl (C=O) groups is 2. The number of hydrogen-bond donors (Lipinski definition) is 4. The number of nitro benzene ring substituents is 1. The van der Waals surface area contributed by atoms with E-state index in [1.165, 1.54) is 23.3 Å². The van der Waals surface area contributed by atoms with E-state index >= 15 is 0 Å². The average Bonchev–Trinajstić information content (AvgIpc) is 3.30. The minimum absolute atomic E-state index is 0.00573. The third-order valence-corrected chi connectivity index (χ3v) is 14.3. The van der Waals surface area contributed by atoms with Crippen molar-refractivity contribution in [1.29, 1.82) is 0 Å². The molecule has 14 nitrogen and oxygen atoms in total. The molecule has 65 heavy (non-hydrogen) atoms. The third-order valence-electron chi connectivity index (χ3n) is 11.4. The van der Waals surface area contributed by atoms with E-state index in [1.807, 2.05) is 74.6 Å². The lowest BCUT2D eigenvalue weighted by Gasteiger charge is -2.36. The van der Waals surface area contributed by atoms with Gasteiger partial charge in [0.2, 0.25) is 5.91 Å². The molecule has 0 bridgehead atoms. The highest BCUT2D eigenvalue weighted by Crippen LogP contribution is 2.33. The van der Waals surface area contributed by atoms with Gasteiger partial charge >= 0.3 is 0 Å². The van der Waals surface area contributed by atoms with Crippen molar-refractivity contribution < 1.29 is 28.1 Å². The van der Waals surface area contributed by atoms with E-state index in [-0.39, 0.29) is 29.1 Å². The van der Waals surface area contributed by atoms with Crippen LogP contribution in [0.4, 0.5) is 17.1 Å². The fourth-order valence-electron chi connectivity index (χ4n) is 7.79. The van der Waals surface area contributed by atoms with E-state index in [0.29, 0.717) is 17.9 Å². The molecule has 17 heteroatoms. The van der Waals surface area contributed by atoms with Gasteiger partial charge in [0, 0.05) is 72.4 Å². The van der Waals surface area contributed by atoms with E-state index in [2.05, 4.69) is 42.9 Å². The molecule has 1 fully saturated rings. The predicted molar refractivity (Wildman–Crippen MR) is 258 cm³/mol. The van der Waals surface area contributed by atoms with Crippen LogP contribution in [0.3, 0.4) is 0 Å². The molecular formula is C48H56ClN7O7S2. The van der Waals surface area contributed by atoms with Crippen molar-refractivity contribution in [3.8, 4) is 11.1 Å². The number of thioether (sulfide) groups is 1. The molecular weight excluding hydrogens is 886 g/mol. The van der Waals surface area contributed by atoms with Crippen LogP contribution in [0, 0.1) is 10.1 Å². The molecule has 0 aromatic heterocycles. The number of nitrogens with one attached hydrogen (secondary N) is 3. The molecule has 0 radical (unpaired) electrons. The van der Waals surface area contributed by atoms with Crippen LogP contribution in [0.1, 0.15) is 61.4 Å². The highest BCUT2D eigenvalue weighted by molar-refractivity contribution is 7.99. The Kier molecular flexibility index (Phi) is 17.8. The number of halogens is 1. The maximum Gasteiger partial charge on any atom is 0.293 e. The second kappa shape index (κ2) is 23.6. The van der Waals surface area contributed by atoms with Crippen LogP contribution in [0.5, 0.6) is 0 Å².